The third kappa shape index (κ3) is 5.15. The van der Waals surface area contributed by atoms with E-state index < -0.39 is 5.97 Å². The zero-order valence-electron chi connectivity index (χ0n) is 20.2. The maximum atomic E-state index is 11.0. The molecule has 3 N–H and O–H groups in total. The summed E-state index contributed by atoms with van der Waals surface area (Å²) in [6, 6.07) is 35.9. The molecule has 0 aliphatic carbocycles. The maximum absolute atomic E-state index is 11.0. The Morgan fingerprint density at radius 1 is 0.757 bits per heavy atom. The van der Waals surface area contributed by atoms with Gasteiger partial charge in [-0.2, -0.15) is 0 Å². The van der Waals surface area contributed by atoms with Crippen LogP contribution >= 0.6 is 0 Å². The van der Waals surface area contributed by atoms with Crippen molar-refractivity contribution < 1.29 is 15.0 Å². The van der Waals surface area contributed by atoms with E-state index >= 15 is 0 Å². The lowest BCUT2D eigenvalue weighted by Crippen LogP contribution is -2.12. The summed E-state index contributed by atoms with van der Waals surface area (Å²) in [5.41, 5.74) is 7.36. The molecule has 0 atom stereocenters. The molecule has 6 heteroatoms. The van der Waals surface area contributed by atoms with Crippen LogP contribution in [0.5, 0.6) is 0 Å². The number of hydrogen-bond acceptors (Lipinski definition) is 4. The van der Waals surface area contributed by atoms with Crippen LogP contribution in [0.4, 0.5) is 5.69 Å². The molecular formula is C31H27N3O3. The van der Waals surface area contributed by atoms with Gasteiger partial charge in [-0.1, -0.05) is 97.1 Å². The smallest absolute Gasteiger partial charge is 0.322 e. The number of aliphatic hydroxyl groups excluding tert-OH is 1. The van der Waals surface area contributed by atoms with Gasteiger partial charge in [-0.3, -0.25) is 4.79 Å². The highest BCUT2D eigenvalue weighted by molar-refractivity contribution is 5.87. The monoisotopic (exact) mass is 489 g/mol. The van der Waals surface area contributed by atoms with Crippen LogP contribution in [-0.2, 0) is 11.3 Å². The van der Waals surface area contributed by atoms with Gasteiger partial charge in [0.25, 0.3) is 0 Å². The van der Waals surface area contributed by atoms with Crippen LogP contribution < -0.4 is 5.32 Å². The minimum atomic E-state index is -0.918. The first-order chi connectivity index (χ1) is 18.2. The van der Waals surface area contributed by atoms with Crippen molar-refractivity contribution in [2.45, 2.75) is 6.54 Å². The van der Waals surface area contributed by atoms with Gasteiger partial charge in [0.15, 0.2) is 0 Å². The molecule has 184 valence electrons. The van der Waals surface area contributed by atoms with Gasteiger partial charge in [-0.15, -0.1) is 0 Å². The Hall–Kier alpha value is -4.68. The van der Waals surface area contributed by atoms with Crippen molar-refractivity contribution in [3.05, 3.63) is 109 Å². The van der Waals surface area contributed by atoms with Crippen molar-refractivity contribution in [1.29, 1.82) is 0 Å². The van der Waals surface area contributed by atoms with E-state index in [9.17, 15) is 9.90 Å². The van der Waals surface area contributed by atoms with Crippen LogP contribution in [0.2, 0.25) is 0 Å². The number of nitrogens with zero attached hydrogens (tertiary/aromatic N) is 2. The van der Waals surface area contributed by atoms with Crippen molar-refractivity contribution in [3.8, 4) is 45.0 Å². The van der Waals surface area contributed by atoms with Crippen molar-refractivity contribution in [2.24, 2.45) is 0 Å². The Balaban J connectivity index is 1.71. The number of imidazole rings is 1. The van der Waals surface area contributed by atoms with E-state index in [1.807, 2.05) is 97.1 Å². The summed E-state index contributed by atoms with van der Waals surface area (Å²) in [6.45, 7) is 0.189. The van der Waals surface area contributed by atoms with E-state index in [-0.39, 0.29) is 13.2 Å². The van der Waals surface area contributed by atoms with Gasteiger partial charge in [-0.25, -0.2) is 4.98 Å². The van der Waals surface area contributed by atoms with E-state index in [0.717, 1.165) is 50.7 Å². The minimum absolute atomic E-state index is 0.0335. The number of rotatable bonds is 9. The van der Waals surface area contributed by atoms with Crippen LogP contribution in [-0.4, -0.2) is 38.9 Å². The Kier molecular flexibility index (Phi) is 7.10. The Bertz CT molecular complexity index is 1510. The molecule has 0 fully saturated rings. The molecule has 0 radical (unpaired) electrons. The molecule has 0 spiro atoms. The molecule has 0 amide bonds. The summed E-state index contributed by atoms with van der Waals surface area (Å²) in [5, 5.41) is 22.1. The Morgan fingerprint density at radius 2 is 1.38 bits per heavy atom. The molecule has 0 unspecified atom stereocenters. The van der Waals surface area contributed by atoms with Crippen LogP contribution in [0.1, 0.15) is 0 Å². The van der Waals surface area contributed by atoms with Gasteiger partial charge in [0.05, 0.1) is 18.0 Å². The Labute approximate surface area is 215 Å². The summed E-state index contributed by atoms with van der Waals surface area (Å²) < 4.78 is 2.09. The predicted molar refractivity (Wildman–Crippen MR) is 147 cm³/mol. The van der Waals surface area contributed by atoms with Gasteiger partial charge in [-0.05, 0) is 23.3 Å². The number of carboxylic acids is 1. The average Bonchev–Trinajstić information content (AvgIpc) is 3.32. The topological polar surface area (TPSA) is 87.4 Å². The van der Waals surface area contributed by atoms with E-state index in [2.05, 4.69) is 22.0 Å². The third-order valence-corrected chi connectivity index (χ3v) is 6.17. The zero-order valence-corrected chi connectivity index (χ0v) is 20.2. The SMILES string of the molecule is O=C(O)CNc1cccc(-c2ccccc2-c2nc(-c3ccccc3)c(-c3ccccc3)n2CCO)c1. The second-order valence-electron chi connectivity index (χ2n) is 8.61. The molecule has 1 heterocycles. The second kappa shape index (κ2) is 10.9. The molecule has 0 saturated heterocycles. The van der Waals surface area contributed by atoms with E-state index in [1.165, 1.54) is 0 Å². The molecule has 0 bridgehead atoms. The predicted octanol–water partition coefficient (Wildman–Crippen LogP) is 6.04. The van der Waals surface area contributed by atoms with Crippen LogP contribution in [0.3, 0.4) is 0 Å². The van der Waals surface area contributed by atoms with E-state index in [4.69, 9.17) is 10.1 Å². The molecule has 4 aromatic carbocycles. The van der Waals surface area contributed by atoms with Crippen LogP contribution in [0.15, 0.2) is 109 Å². The van der Waals surface area contributed by atoms with Crippen LogP contribution in [0.25, 0.3) is 45.0 Å². The average molecular weight is 490 g/mol. The molecule has 5 rings (SSSR count). The normalized spacial score (nSPS) is 10.8. The summed E-state index contributed by atoms with van der Waals surface area (Å²) in [5.74, 6) is -0.162. The van der Waals surface area contributed by atoms with Crippen LogP contribution in [0, 0.1) is 0 Å². The lowest BCUT2D eigenvalue weighted by molar-refractivity contribution is -0.134. The van der Waals surface area contributed by atoms with Gasteiger partial charge in [0.2, 0.25) is 0 Å². The lowest BCUT2D eigenvalue weighted by Gasteiger charge is -2.15. The molecule has 0 saturated carbocycles. The van der Waals surface area contributed by atoms with Gasteiger partial charge >= 0.3 is 5.97 Å². The number of nitrogens with one attached hydrogen (secondary N) is 1. The number of aliphatic carboxylic acids is 1. The number of aliphatic hydroxyl groups is 1. The fourth-order valence-corrected chi connectivity index (χ4v) is 4.57. The highest BCUT2D eigenvalue weighted by Crippen LogP contribution is 2.39. The summed E-state index contributed by atoms with van der Waals surface area (Å²) in [7, 11) is 0. The minimum Gasteiger partial charge on any atom is -0.480 e. The van der Waals surface area contributed by atoms with Crippen molar-refractivity contribution in [2.75, 3.05) is 18.5 Å². The van der Waals surface area contributed by atoms with E-state index in [0.29, 0.717) is 6.54 Å². The first-order valence-electron chi connectivity index (χ1n) is 12.1. The third-order valence-electron chi connectivity index (χ3n) is 6.17. The highest BCUT2D eigenvalue weighted by Gasteiger charge is 2.22. The molecule has 0 aliphatic heterocycles. The summed E-state index contributed by atoms with van der Waals surface area (Å²) >= 11 is 0. The molecule has 1 aromatic heterocycles. The van der Waals surface area contributed by atoms with Crippen molar-refractivity contribution in [1.82, 2.24) is 9.55 Å². The lowest BCUT2D eigenvalue weighted by atomic mass is 9.98. The standard InChI is InChI=1S/C31H27N3O3/c35-19-18-34-30(23-12-5-2-6-13-23)29(22-10-3-1-4-11-22)33-31(34)27-17-8-7-16-26(27)24-14-9-15-25(20-24)32-21-28(36)37/h1-17,20,32,35H,18-19,21H2,(H,36,37). The summed E-state index contributed by atoms with van der Waals surface area (Å²) in [6.07, 6.45) is 0. The van der Waals surface area contributed by atoms with Gasteiger partial charge in [0, 0.05) is 28.9 Å². The van der Waals surface area contributed by atoms with Crippen molar-refractivity contribution in [3.63, 3.8) is 0 Å². The molecular weight excluding hydrogens is 462 g/mol. The molecule has 5 aromatic rings. The second-order valence-corrected chi connectivity index (χ2v) is 8.61. The molecule has 6 nitrogen and oxygen atoms in total. The van der Waals surface area contributed by atoms with Gasteiger partial charge in [0.1, 0.15) is 12.4 Å². The number of carboxylic acid groups (broad SMARTS) is 1. The highest BCUT2D eigenvalue weighted by atomic mass is 16.4. The first-order valence-corrected chi connectivity index (χ1v) is 12.1. The Morgan fingerprint density at radius 3 is 2.05 bits per heavy atom. The summed E-state index contributed by atoms with van der Waals surface area (Å²) in [4.78, 5) is 16.2. The number of anilines is 1. The van der Waals surface area contributed by atoms with Crippen molar-refractivity contribution >= 4 is 11.7 Å². The van der Waals surface area contributed by atoms with E-state index in [1.54, 1.807) is 0 Å². The first kappa shape index (κ1) is 24.0. The number of aromatic nitrogens is 2. The molecule has 0 aliphatic rings. The zero-order chi connectivity index (χ0) is 25.6. The fourth-order valence-electron chi connectivity index (χ4n) is 4.57. The number of hydrogen-bond donors (Lipinski definition) is 3. The quantitative estimate of drug-likeness (QED) is 0.235. The van der Waals surface area contributed by atoms with Gasteiger partial charge < -0.3 is 20.1 Å². The number of carbonyl (C=O) groups is 1. The fraction of sp³-hybridized carbons (Fsp3) is 0.0968. The molecule has 37 heavy (non-hydrogen) atoms. The maximum Gasteiger partial charge on any atom is 0.322 e. The largest absolute Gasteiger partial charge is 0.480 e. The number of benzene rings is 4.